The average molecular weight is 300 g/mol. The number of hydrogen-bond donors (Lipinski definition) is 1. The smallest absolute Gasteiger partial charge is 0.269 e. The van der Waals surface area contributed by atoms with Gasteiger partial charge < -0.3 is 5.73 Å². The number of nitro groups is 1. The molecule has 0 aliphatic carbocycles. The van der Waals surface area contributed by atoms with E-state index in [0.29, 0.717) is 0 Å². The van der Waals surface area contributed by atoms with Gasteiger partial charge in [-0.25, -0.2) is 4.98 Å². The van der Waals surface area contributed by atoms with Crippen LogP contribution < -0.4 is 5.73 Å². The maximum atomic E-state index is 10.6. The summed E-state index contributed by atoms with van der Waals surface area (Å²) in [7, 11) is 0. The predicted octanol–water partition coefficient (Wildman–Crippen LogP) is 3.33. The highest BCUT2D eigenvalue weighted by molar-refractivity contribution is 7.15. The second-order valence-electron chi connectivity index (χ2n) is 4.56. The summed E-state index contributed by atoms with van der Waals surface area (Å²) in [4.78, 5) is 15.4. The van der Waals surface area contributed by atoms with Gasteiger partial charge in [-0.05, 0) is 31.5 Å². The molecule has 2 aromatic rings. The summed E-state index contributed by atoms with van der Waals surface area (Å²) < 4.78 is 0. The molecule has 1 aromatic heterocycles. The molecule has 2 rings (SSSR count). The van der Waals surface area contributed by atoms with Crippen LogP contribution in [0.3, 0.4) is 0 Å². The quantitative estimate of drug-likeness (QED) is 0.696. The molecule has 5 nitrogen and oxygen atoms in total. The van der Waals surface area contributed by atoms with E-state index in [4.69, 9.17) is 5.73 Å². The van der Waals surface area contributed by atoms with E-state index in [1.54, 1.807) is 18.3 Å². The van der Waals surface area contributed by atoms with Gasteiger partial charge in [-0.15, -0.1) is 23.7 Å². The summed E-state index contributed by atoms with van der Waals surface area (Å²) in [5.74, 6) is 0. The minimum atomic E-state index is -0.469. The summed E-state index contributed by atoms with van der Waals surface area (Å²) in [6, 6.07) is 6.42. The molecule has 0 saturated carbocycles. The van der Waals surface area contributed by atoms with E-state index in [9.17, 15) is 10.1 Å². The Morgan fingerprint density at radius 2 is 1.89 bits per heavy atom. The predicted molar refractivity (Wildman–Crippen MR) is 78.7 cm³/mol. The molecule has 0 fully saturated rings. The lowest BCUT2D eigenvalue weighted by Gasteiger charge is -2.13. The number of nitrogens with zero attached hydrogens (tertiary/aromatic N) is 2. The van der Waals surface area contributed by atoms with Crippen molar-refractivity contribution in [2.45, 2.75) is 19.4 Å². The van der Waals surface area contributed by atoms with E-state index in [1.807, 2.05) is 13.8 Å². The van der Waals surface area contributed by atoms with E-state index in [-0.39, 0.29) is 18.1 Å². The highest BCUT2D eigenvalue weighted by Crippen LogP contribution is 2.31. The molecular weight excluding hydrogens is 286 g/mol. The van der Waals surface area contributed by atoms with E-state index < -0.39 is 10.5 Å². The normalized spacial score (nSPS) is 10.9. The molecular formula is C12H14ClN3O2S. The lowest BCUT2D eigenvalue weighted by molar-refractivity contribution is -0.384. The van der Waals surface area contributed by atoms with Crippen molar-refractivity contribution in [2.75, 3.05) is 0 Å². The zero-order chi connectivity index (χ0) is 13.3. The molecule has 2 N–H and O–H groups in total. The van der Waals surface area contributed by atoms with Crippen LogP contribution in [0.1, 0.15) is 18.9 Å². The van der Waals surface area contributed by atoms with E-state index >= 15 is 0 Å². The van der Waals surface area contributed by atoms with Crippen molar-refractivity contribution >= 4 is 29.4 Å². The summed E-state index contributed by atoms with van der Waals surface area (Å²) in [5, 5.41) is 11.4. The molecule has 0 amide bonds. The first-order valence-electron chi connectivity index (χ1n) is 5.38. The van der Waals surface area contributed by atoms with Gasteiger partial charge in [0.05, 0.1) is 15.3 Å². The van der Waals surface area contributed by atoms with Crippen LogP contribution in [0.25, 0.3) is 10.4 Å². The first-order chi connectivity index (χ1) is 8.38. The van der Waals surface area contributed by atoms with Crippen LogP contribution in [0.4, 0.5) is 5.69 Å². The Labute approximate surface area is 121 Å². The third-order valence-corrected chi connectivity index (χ3v) is 3.81. The van der Waals surface area contributed by atoms with E-state index in [1.165, 1.54) is 23.5 Å². The Hall–Kier alpha value is -1.50. The van der Waals surface area contributed by atoms with Crippen LogP contribution in [-0.4, -0.2) is 9.91 Å². The van der Waals surface area contributed by atoms with Gasteiger partial charge in [0.25, 0.3) is 5.69 Å². The van der Waals surface area contributed by atoms with Gasteiger partial charge in [0.2, 0.25) is 0 Å². The molecule has 0 aliphatic heterocycles. The number of aromatic nitrogens is 1. The molecule has 1 aromatic carbocycles. The number of thiazole rings is 1. The van der Waals surface area contributed by atoms with Crippen LogP contribution in [0.2, 0.25) is 0 Å². The van der Waals surface area contributed by atoms with Crippen LogP contribution in [0, 0.1) is 10.1 Å². The molecule has 102 valence electrons. The van der Waals surface area contributed by atoms with Crippen molar-refractivity contribution in [3.63, 3.8) is 0 Å². The third-order valence-electron chi connectivity index (χ3n) is 2.42. The van der Waals surface area contributed by atoms with Crippen molar-refractivity contribution in [2.24, 2.45) is 5.73 Å². The monoisotopic (exact) mass is 299 g/mol. The van der Waals surface area contributed by atoms with Crippen molar-refractivity contribution in [1.29, 1.82) is 0 Å². The number of nitrogens with two attached hydrogens (primary N) is 1. The molecule has 0 bridgehead atoms. The molecule has 0 spiro atoms. The number of hydrogen-bond acceptors (Lipinski definition) is 5. The van der Waals surface area contributed by atoms with Crippen molar-refractivity contribution in [3.8, 4) is 10.4 Å². The Morgan fingerprint density at radius 3 is 2.32 bits per heavy atom. The number of rotatable bonds is 3. The van der Waals surface area contributed by atoms with Crippen LogP contribution in [0.5, 0.6) is 0 Å². The first-order valence-corrected chi connectivity index (χ1v) is 6.19. The number of benzene rings is 1. The van der Waals surface area contributed by atoms with E-state index in [2.05, 4.69) is 4.98 Å². The zero-order valence-electron chi connectivity index (χ0n) is 10.5. The fourth-order valence-electron chi connectivity index (χ4n) is 1.45. The van der Waals surface area contributed by atoms with Gasteiger partial charge >= 0.3 is 0 Å². The fourth-order valence-corrected chi connectivity index (χ4v) is 2.39. The Kier molecular flexibility index (Phi) is 4.62. The first kappa shape index (κ1) is 15.6. The second kappa shape index (κ2) is 5.64. The molecule has 19 heavy (non-hydrogen) atoms. The largest absolute Gasteiger partial charge is 0.320 e. The van der Waals surface area contributed by atoms with Crippen molar-refractivity contribution in [3.05, 3.63) is 45.6 Å². The number of non-ortho nitro benzene ring substituents is 1. The SMILES string of the molecule is CC(C)(N)c1ncc(-c2ccc([N+](=O)[O-])cc2)s1.Cl. The van der Waals surface area contributed by atoms with Gasteiger partial charge in [-0.1, -0.05) is 0 Å². The summed E-state index contributed by atoms with van der Waals surface area (Å²) >= 11 is 1.50. The van der Waals surface area contributed by atoms with Gasteiger partial charge in [0.15, 0.2) is 0 Å². The number of halogens is 1. The maximum absolute atomic E-state index is 10.6. The highest BCUT2D eigenvalue weighted by Gasteiger charge is 2.19. The van der Waals surface area contributed by atoms with Crippen LogP contribution in [-0.2, 0) is 5.54 Å². The zero-order valence-corrected chi connectivity index (χ0v) is 12.1. The van der Waals surface area contributed by atoms with Gasteiger partial charge in [0, 0.05) is 18.3 Å². The Balaban J connectivity index is 0.00000180. The van der Waals surface area contributed by atoms with Crippen molar-refractivity contribution < 1.29 is 4.92 Å². The summed E-state index contributed by atoms with van der Waals surface area (Å²) in [6.45, 7) is 3.79. The Bertz CT molecular complexity index is 575. The molecule has 0 unspecified atom stereocenters. The number of nitro benzene ring substituents is 1. The standard InChI is InChI=1S/C12H13N3O2S.ClH/c1-12(2,13)11-14-7-10(18-11)8-3-5-9(6-4-8)15(16)17;/h3-7H,13H2,1-2H3;1H. The highest BCUT2D eigenvalue weighted by atomic mass is 35.5. The van der Waals surface area contributed by atoms with E-state index in [0.717, 1.165) is 15.4 Å². The minimum Gasteiger partial charge on any atom is -0.320 e. The summed E-state index contributed by atoms with van der Waals surface area (Å²) in [6.07, 6.45) is 1.75. The van der Waals surface area contributed by atoms with Gasteiger partial charge in [0.1, 0.15) is 5.01 Å². The minimum absolute atomic E-state index is 0. The summed E-state index contributed by atoms with van der Waals surface area (Å²) in [5.41, 5.74) is 6.50. The molecule has 0 atom stereocenters. The topological polar surface area (TPSA) is 82.0 Å². The van der Waals surface area contributed by atoms with Gasteiger partial charge in [-0.3, -0.25) is 10.1 Å². The lowest BCUT2D eigenvalue weighted by atomic mass is 10.1. The van der Waals surface area contributed by atoms with Gasteiger partial charge in [-0.2, -0.15) is 0 Å². The third kappa shape index (κ3) is 3.50. The Morgan fingerprint density at radius 1 is 1.32 bits per heavy atom. The van der Waals surface area contributed by atoms with Crippen LogP contribution in [0.15, 0.2) is 30.5 Å². The molecule has 7 heteroatoms. The molecule has 0 radical (unpaired) electrons. The molecule has 1 heterocycles. The molecule has 0 saturated heterocycles. The maximum Gasteiger partial charge on any atom is 0.269 e. The van der Waals surface area contributed by atoms with Crippen molar-refractivity contribution in [1.82, 2.24) is 4.98 Å². The lowest BCUT2D eigenvalue weighted by Crippen LogP contribution is -2.28. The second-order valence-corrected chi connectivity index (χ2v) is 5.59. The van der Waals surface area contributed by atoms with Crippen LogP contribution >= 0.6 is 23.7 Å². The molecule has 0 aliphatic rings. The fraction of sp³-hybridized carbons (Fsp3) is 0.250. The average Bonchev–Trinajstić information content (AvgIpc) is 2.78.